The molecule has 0 radical (unpaired) electrons. The number of carbonyl (C=O) groups is 2. The van der Waals surface area contributed by atoms with Crippen LogP contribution in [-0.4, -0.2) is 99.4 Å². The molecule has 4 aromatic heterocycles. The highest BCUT2D eigenvalue weighted by atomic mass is 32.2. The van der Waals surface area contributed by atoms with Gasteiger partial charge in [-0.1, -0.05) is 0 Å². The summed E-state index contributed by atoms with van der Waals surface area (Å²) in [6.45, 7) is 2.80. The van der Waals surface area contributed by atoms with Crippen LogP contribution in [-0.2, 0) is 32.9 Å². The van der Waals surface area contributed by atoms with Crippen molar-refractivity contribution in [3.05, 3.63) is 133 Å². The molecule has 0 fully saturated rings. The normalized spacial score (nSPS) is 12.5. The summed E-state index contributed by atoms with van der Waals surface area (Å²) in [5.74, 6) is -1.40. The summed E-state index contributed by atoms with van der Waals surface area (Å²) in [5, 5.41) is 3.41. The summed E-state index contributed by atoms with van der Waals surface area (Å²) >= 11 is 0. The highest BCUT2D eigenvalue weighted by Crippen LogP contribution is 2.30. The molecule has 0 saturated carbocycles. The fraction of sp³-hybridized carbons (Fsp3) is 0.238. The number of nitrogens with zero attached hydrogens (tertiary/aromatic N) is 6. The van der Waals surface area contributed by atoms with Gasteiger partial charge in [0.1, 0.15) is 34.6 Å². The third-order valence-electron chi connectivity index (χ3n) is 9.14. The molecule has 0 bridgehead atoms. The topological polar surface area (TPSA) is 314 Å². The second-order valence-electron chi connectivity index (χ2n) is 14.1. The maximum absolute atomic E-state index is 13.1. The number of guanidine groups is 2. The van der Waals surface area contributed by atoms with Crippen molar-refractivity contribution >= 4 is 55.2 Å². The van der Waals surface area contributed by atoms with Crippen LogP contribution in [0.4, 0.5) is 20.2 Å². The molecule has 2 atom stereocenters. The molecule has 0 spiro atoms. The van der Waals surface area contributed by atoms with E-state index in [2.05, 4.69) is 61.1 Å². The van der Waals surface area contributed by atoms with Gasteiger partial charge in [-0.25, -0.2) is 45.6 Å². The Balaban J connectivity index is 0.000000261. The fourth-order valence-corrected chi connectivity index (χ4v) is 7.20. The maximum Gasteiger partial charge on any atom is 0.305 e. The molecule has 4 heterocycles. The van der Waals surface area contributed by atoms with Gasteiger partial charge in [0.2, 0.25) is 11.9 Å². The van der Waals surface area contributed by atoms with Crippen molar-refractivity contribution in [3.63, 3.8) is 0 Å². The number of aromatic nitrogens is 4. The van der Waals surface area contributed by atoms with Crippen LogP contribution < -0.4 is 51.3 Å². The predicted molar refractivity (Wildman–Crippen MR) is 248 cm³/mol. The third-order valence-corrected chi connectivity index (χ3v) is 12.4. The summed E-state index contributed by atoms with van der Waals surface area (Å²) in [4.78, 5) is 39.6. The molecule has 2 amide bonds. The average molecular weight is 1010 g/mol. The maximum atomic E-state index is 13.1. The minimum absolute atomic E-state index is 0.0106. The molecule has 0 aliphatic rings. The number of halogens is 2. The van der Waals surface area contributed by atoms with Gasteiger partial charge in [0.15, 0.2) is 23.2 Å². The van der Waals surface area contributed by atoms with Gasteiger partial charge in [-0.2, -0.15) is 0 Å². The summed E-state index contributed by atoms with van der Waals surface area (Å²) in [6, 6.07) is 15.4. The fourth-order valence-electron chi connectivity index (χ4n) is 5.43. The van der Waals surface area contributed by atoms with Crippen molar-refractivity contribution in [1.29, 1.82) is 0 Å². The van der Waals surface area contributed by atoms with E-state index in [4.69, 9.17) is 27.8 Å². The highest BCUT2D eigenvalue weighted by molar-refractivity contribution is 7.91. The zero-order valence-corrected chi connectivity index (χ0v) is 39.6. The van der Waals surface area contributed by atoms with Crippen LogP contribution in [0, 0.1) is 11.6 Å². The molecule has 28 heteroatoms. The number of benzene rings is 2. The molecule has 24 nitrogen and oxygen atoms in total. The molecule has 70 heavy (non-hydrogen) atoms. The Morgan fingerprint density at radius 2 is 0.957 bits per heavy atom. The molecule has 372 valence electrons. The van der Waals surface area contributed by atoms with Gasteiger partial charge in [-0.15, -0.1) is 8.80 Å². The second kappa shape index (κ2) is 24.6. The number of ether oxygens (including phenoxy) is 4. The minimum Gasteiger partial charge on any atom is -0.497 e. The van der Waals surface area contributed by atoms with Crippen LogP contribution in [0.5, 0.6) is 23.0 Å². The van der Waals surface area contributed by atoms with Crippen molar-refractivity contribution in [2.45, 2.75) is 37.2 Å². The number of rotatable bonds is 16. The van der Waals surface area contributed by atoms with Gasteiger partial charge in [-0.05, 0) is 62.4 Å². The number of carbonyl (C=O) groups excluding carboxylic acids is 2. The quantitative estimate of drug-likeness (QED) is 0.0456. The van der Waals surface area contributed by atoms with E-state index in [9.17, 15) is 35.2 Å². The first-order valence-corrected chi connectivity index (χ1v) is 23.2. The Labute approximate surface area is 399 Å². The number of nitrogens with one attached hydrogen (secondary N) is 6. The molecule has 6 N–H and O–H groups in total. The lowest BCUT2D eigenvalue weighted by molar-refractivity contribution is 0.0909. The Morgan fingerprint density at radius 1 is 0.586 bits per heavy atom. The van der Waals surface area contributed by atoms with E-state index in [1.807, 2.05) is 0 Å². The molecule has 0 saturated heterocycles. The van der Waals surface area contributed by atoms with Gasteiger partial charge in [0.05, 0.1) is 87.6 Å². The number of sulfonamides is 2. The third kappa shape index (κ3) is 15.3. The number of anilines is 2. The molecular formula is C42H46F2N12O12S2. The monoisotopic (exact) mass is 1010 g/mol. The van der Waals surface area contributed by atoms with Crippen molar-refractivity contribution in [1.82, 2.24) is 41.6 Å². The van der Waals surface area contributed by atoms with Crippen LogP contribution >= 0.6 is 0 Å². The van der Waals surface area contributed by atoms with E-state index in [-0.39, 0.29) is 47.9 Å². The number of hydrazine groups is 2. The number of hydrogen-bond donors (Lipinski definition) is 6. The molecule has 0 unspecified atom stereocenters. The lowest BCUT2D eigenvalue weighted by Crippen LogP contribution is -2.45. The first-order chi connectivity index (χ1) is 33.4. The number of amides is 2. The summed E-state index contributed by atoms with van der Waals surface area (Å²) in [6.07, 6.45) is 6.16. The molecular weight excluding hydrogens is 967 g/mol. The molecule has 0 aliphatic heterocycles. The van der Waals surface area contributed by atoms with Crippen molar-refractivity contribution in [2.75, 3.05) is 39.1 Å². The van der Waals surface area contributed by atoms with Crippen LogP contribution in [0.2, 0.25) is 0 Å². The molecule has 6 aromatic rings. The van der Waals surface area contributed by atoms with Gasteiger partial charge < -0.3 is 38.4 Å². The first-order valence-electron chi connectivity index (χ1n) is 20.2. The zero-order chi connectivity index (χ0) is 50.8. The smallest absolute Gasteiger partial charge is 0.305 e. The van der Waals surface area contributed by atoms with Crippen LogP contribution in [0.15, 0.2) is 116 Å². The molecule has 0 aliphatic carbocycles. The van der Waals surface area contributed by atoms with E-state index < -0.39 is 54.0 Å². The number of furan rings is 2. The van der Waals surface area contributed by atoms with Gasteiger partial charge in [-0.3, -0.25) is 31.3 Å². The highest BCUT2D eigenvalue weighted by Gasteiger charge is 2.25. The predicted octanol–water partition coefficient (Wildman–Crippen LogP) is 3.78. The van der Waals surface area contributed by atoms with E-state index in [1.54, 1.807) is 36.4 Å². The average Bonchev–Trinajstić information content (AvgIpc) is 4.11. The van der Waals surface area contributed by atoms with Crippen LogP contribution in [0.3, 0.4) is 0 Å². The van der Waals surface area contributed by atoms with Gasteiger partial charge in [0.25, 0.3) is 20.0 Å². The number of methoxy groups -OCH3 is 4. The Kier molecular flexibility index (Phi) is 18.5. The standard InChI is InChI=1S/2C21H23FN6O6S/c2*1-13(9-19-23-11-14(22)12-24-19)35(30,31)28-21(27-26-20(29)17-5-4-8-34-17)25-16-7-6-15(32-2)10-18(16)33-3/h2*4-8,10-13H,9H2,1-3H3,(H,26,29)(H2,25,27,28)/t2*13-/m10/s1. The SMILES string of the molecule is COc1ccc(NC(=NS(=O)(=O)[C@@H](C)Cc2ncc(F)cn2)NNC(=O)c2ccco2)c(OC)c1.COc1ccc(NC(=NS(=O)(=O)[C@H](C)Cc2ncc(F)cn2)NNC(=O)c2ccco2)c(OC)c1. The van der Waals surface area contributed by atoms with E-state index in [1.165, 1.54) is 79.1 Å². The Bertz CT molecular complexity index is 2770. The van der Waals surface area contributed by atoms with Crippen LogP contribution in [0.25, 0.3) is 0 Å². The van der Waals surface area contributed by atoms with E-state index >= 15 is 0 Å². The van der Waals surface area contributed by atoms with E-state index in [0.717, 1.165) is 24.8 Å². The van der Waals surface area contributed by atoms with Crippen molar-refractivity contribution < 1.29 is 63.0 Å². The van der Waals surface area contributed by atoms with Crippen molar-refractivity contribution in [2.24, 2.45) is 8.80 Å². The summed E-state index contributed by atoms with van der Waals surface area (Å²) in [7, 11) is -2.53. The first kappa shape index (κ1) is 52.6. The van der Waals surface area contributed by atoms with E-state index in [0.29, 0.717) is 34.4 Å². The summed E-state index contributed by atoms with van der Waals surface area (Å²) < 4.78 is 116. The van der Waals surface area contributed by atoms with Gasteiger partial charge in [0, 0.05) is 25.0 Å². The molecule has 2 aromatic carbocycles. The van der Waals surface area contributed by atoms with Crippen molar-refractivity contribution in [3.8, 4) is 23.0 Å². The number of hydrogen-bond acceptors (Lipinski definition) is 16. The lowest BCUT2D eigenvalue weighted by atomic mass is 10.2. The zero-order valence-electron chi connectivity index (χ0n) is 38.0. The summed E-state index contributed by atoms with van der Waals surface area (Å²) in [5.41, 5.74) is 10.2. The Morgan fingerprint density at radius 3 is 1.27 bits per heavy atom. The minimum atomic E-state index is -4.17. The second-order valence-corrected chi connectivity index (χ2v) is 18.1. The van der Waals surface area contributed by atoms with Crippen LogP contribution in [0.1, 0.15) is 46.6 Å². The Hall–Kier alpha value is -8.40. The lowest BCUT2D eigenvalue weighted by Gasteiger charge is -2.16. The largest absolute Gasteiger partial charge is 0.497 e. The molecule has 6 rings (SSSR count). The van der Waals surface area contributed by atoms with Gasteiger partial charge >= 0.3 is 11.8 Å².